The van der Waals surface area contributed by atoms with Crippen molar-refractivity contribution in [1.82, 2.24) is 0 Å². The van der Waals surface area contributed by atoms with Gasteiger partial charge in [-0.3, -0.25) is 0 Å². The van der Waals surface area contributed by atoms with Crippen LogP contribution in [0.15, 0.2) is 45.5 Å². The SMILES string of the molecule is Clc1ccccc1N1CC[NH+](Cc2ccc(Br)o2)CC1. The Balaban J connectivity index is 1.58. The van der Waals surface area contributed by atoms with Crippen LogP contribution in [0.5, 0.6) is 0 Å². The van der Waals surface area contributed by atoms with Gasteiger partial charge in [-0.2, -0.15) is 0 Å². The summed E-state index contributed by atoms with van der Waals surface area (Å²) in [4.78, 5) is 3.92. The van der Waals surface area contributed by atoms with Crippen LogP contribution in [0, 0.1) is 0 Å². The van der Waals surface area contributed by atoms with E-state index in [9.17, 15) is 0 Å². The molecule has 1 aliphatic rings. The first-order chi connectivity index (χ1) is 9.72. The molecule has 1 fully saturated rings. The van der Waals surface area contributed by atoms with E-state index in [4.69, 9.17) is 16.0 Å². The summed E-state index contributed by atoms with van der Waals surface area (Å²) in [6, 6.07) is 12.1. The highest BCUT2D eigenvalue weighted by molar-refractivity contribution is 9.10. The highest BCUT2D eigenvalue weighted by Gasteiger charge is 2.22. The van der Waals surface area contributed by atoms with Crippen LogP contribution in [0.4, 0.5) is 5.69 Å². The molecule has 1 N–H and O–H groups in total. The van der Waals surface area contributed by atoms with E-state index in [2.05, 4.69) is 26.9 Å². The zero-order valence-corrected chi connectivity index (χ0v) is 13.5. The number of anilines is 1. The molecule has 5 heteroatoms. The Morgan fingerprint density at radius 1 is 1.15 bits per heavy atom. The fourth-order valence-corrected chi connectivity index (χ4v) is 3.24. The van der Waals surface area contributed by atoms with Gasteiger partial charge in [0.1, 0.15) is 6.54 Å². The van der Waals surface area contributed by atoms with Crippen LogP contribution >= 0.6 is 27.5 Å². The monoisotopic (exact) mass is 355 g/mol. The van der Waals surface area contributed by atoms with Gasteiger partial charge in [-0.1, -0.05) is 23.7 Å². The molecule has 0 atom stereocenters. The summed E-state index contributed by atoms with van der Waals surface area (Å²) < 4.78 is 6.38. The van der Waals surface area contributed by atoms with Crippen LogP contribution < -0.4 is 9.80 Å². The number of nitrogens with one attached hydrogen (secondary N) is 1. The molecule has 106 valence electrons. The Bertz CT molecular complexity index is 579. The largest absolute Gasteiger partial charge is 0.448 e. The molecule has 0 spiro atoms. The average molecular weight is 357 g/mol. The van der Waals surface area contributed by atoms with E-state index in [0.717, 1.165) is 53.9 Å². The number of nitrogens with zero attached hydrogens (tertiary/aromatic N) is 1. The van der Waals surface area contributed by atoms with Crippen LogP contribution in [0.25, 0.3) is 0 Å². The Labute approximate surface area is 132 Å². The third-order valence-corrected chi connectivity index (χ3v) is 4.46. The van der Waals surface area contributed by atoms with Gasteiger partial charge in [0.2, 0.25) is 0 Å². The minimum absolute atomic E-state index is 0.807. The summed E-state index contributed by atoms with van der Waals surface area (Å²) >= 11 is 9.60. The Morgan fingerprint density at radius 2 is 1.90 bits per heavy atom. The first-order valence-electron chi connectivity index (χ1n) is 6.79. The van der Waals surface area contributed by atoms with E-state index < -0.39 is 0 Å². The zero-order valence-electron chi connectivity index (χ0n) is 11.1. The molecule has 0 aliphatic carbocycles. The van der Waals surface area contributed by atoms with Crippen molar-refractivity contribution in [3.63, 3.8) is 0 Å². The fraction of sp³-hybridized carbons (Fsp3) is 0.333. The lowest BCUT2D eigenvalue weighted by atomic mass is 10.2. The maximum atomic E-state index is 6.26. The van der Waals surface area contributed by atoms with Gasteiger partial charge in [-0.15, -0.1) is 0 Å². The lowest BCUT2D eigenvalue weighted by Gasteiger charge is -2.33. The lowest BCUT2D eigenvalue weighted by molar-refractivity contribution is -0.915. The number of rotatable bonds is 3. The summed E-state index contributed by atoms with van der Waals surface area (Å²) in [5.74, 6) is 1.04. The molecule has 0 unspecified atom stereocenters. The second kappa shape index (κ2) is 6.20. The van der Waals surface area contributed by atoms with Gasteiger partial charge < -0.3 is 14.2 Å². The Morgan fingerprint density at radius 3 is 2.55 bits per heavy atom. The Kier molecular flexibility index (Phi) is 4.34. The van der Waals surface area contributed by atoms with Crippen molar-refractivity contribution < 1.29 is 9.32 Å². The smallest absolute Gasteiger partial charge is 0.169 e. The number of para-hydroxylation sites is 1. The Hall–Kier alpha value is -0.970. The number of hydrogen-bond donors (Lipinski definition) is 1. The normalized spacial score (nSPS) is 16.6. The standard InChI is InChI=1S/C15H16BrClN2O/c16-15-6-5-12(20-15)11-18-7-9-19(10-8-18)14-4-2-1-3-13(14)17/h1-6H,7-11H2/p+1. The highest BCUT2D eigenvalue weighted by Crippen LogP contribution is 2.24. The van der Waals surface area contributed by atoms with Crippen molar-refractivity contribution in [2.24, 2.45) is 0 Å². The number of piperazine rings is 1. The van der Waals surface area contributed by atoms with E-state index in [1.54, 1.807) is 4.90 Å². The molecule has 20 heavy (non-hydrogen) atoms. The molecule has 1 aliphatic heterocycles. The topological polar surface area (TPSA) is 20.8 Å². The minimum Gasteiger partial charge on any atom is -0.448 e. The molecular weight excluding hydrogens is 340 g/mol. The molecular formula is C15H17BrClN2O+. The average Bonchev–Trinajstić information content (AvgIpc) is 2.86. The quantitative estimate of drug-likeness (QED) is 0.912. The molecule has 1 saturated heterocycles. The van der Waals surface area contributed by atoms with E-state index in [1.807, 2.05) is 30.3 Å². The first kappa shape index (κ1) is 14.0. The molecule has 0 bridgehead atoms. The number of furan rings is 1. The van der Waals surface area contributed by atoms with E-state index >= 15 is 0 Å². The van der Waals surface area contributed by atoms with E-state index in [0.29, 0.717) is 0 Å². The maximum absolute atomic E-state index is 6.26. The molecule has 2 aromatic rings. The maximum Gasteiger partial charge on any atom is 0.169 e. The molecule has 3 nitrogen and oxygen atoms in total. The number of halogens is 2. The molecule has 2 heterocycles. The first-order valence-corrected chi connectivity index (χ1v) is 7.97. The van der Waals surface area contributed by atoms with Crippen molar-refractivity contribution >= 4 is 33.2 Å². The van der Waals surface area contributed by atoms with E-state index in [-0.39, 0.29) is 0 Å². The van der Waals surface area contributed by atoms with Crippen LogP contribution in [0.3, 0.4) is 0 Å². The van der Waals surface area contributed by atoms with Gasteiger partial charge in [-0.25, -0.2) is 0 Å². The van der Waals surface area contributed by atoms with Crippen molar-refractivity contribution in [3.05, 3.63) is 51.9 Å². The molecule has 1 aromatic heterocycles. The summed E-state index contributed by atoms with van der Waals surface area (Å²) in [7, 11) is 0. The second-order valence-corrected chi connectivity index (χ2v) is 6.26. The molecule has 0 amide bonds. The van der Waals surface area contributed by atoms with Crippen molar-refractivity contribution in [2.75, 3.05) is 31.1 Å². The van der Waals surface area contributed by atoms with Crippen LogP contribution in [-0.2, 0) is 6.54 Å². The highest BCUT2D eigenvalue weighted by atomic mass is 79.9. The molecule has 3 rings (SSSR count). The summed E-state index contributed by atoms with van der Waals surface area (Å²) in [5.41, 5.74) is 1.15. The third-order valence-electron chi connectivity index (χ3n) is 3.72. The summed E-state index contributed by atoms with van der Waals surface area (Å²) in [6.07, 6.45) is 0. The van der Waals surface area contributed by atoms with Crippen molar-refractivity contribution in [1.29, 1.82) is 0 Å². The van der Waals surface area contributed by atoms with Crippen LogP contribution in [-0.4, -0.2) is 26.2 Å². The summed E-state index contributed by atoms with van der Waals surface area (Å²) in [5, 5.41) is 0.839. The third kappa shape index (κ3) is 3.19. The van der Waals surface area contributed by atoms with Crippen LogP contribution in [0.1, 0.15) is 5.76 Å². The molecule has 0 saturated carbocycles. The fourth-order valence-electron chi connectivity index (χ4n) is 2.64. The zero-order chi connectivity index (χ0) is 13.9. The van der Waals surface area contributed by atoms with Gasteiger partial charge in [-0.05, 0) is 40.2 Å². The van der Waals surface area contributed by atoms with Crippen molar-refractivity contribution in [3.8, 4) is 0 Å². The second-order valence-electron chi connectivity index (χ2n) is 5.07. The number of quaternary nitrogens is 1. The number of benzene rings is 1. The van der Waals surface area contributed by atoms with Gasteiger partial charge in [0.05, 0.1) is 36.9 Å². The molecule has 0 radical (unpaired) electrons. The van der Waals surface area contributed by atoms with Gasteiger partial charge in [0.25, 0.3) is 0 Å². The van der Waals surface area contributed by atoms with Crippen LogP contribution in [0.2, 0.25) is 5.02 Å². The lowest BCUT2D eigenvalue weighted by Crippen LogP contribution is -3.13. The predicted molar refractivity (Wildman–Crippen MR) is 84.5 cm³/mol. The molecule has 1 aromatic carbocycles. The minimum atomic E-state index is 0.807. The predicted octanol–water partition coefficient (Wildman–Crippen LogP) is 2.60. The van der Waals surface area contributed by atoms with Gasteiger partial charge in [0.15, 0.2) is 10.4 Å². The van der Waals surface area contributed by atoms with Crippen molar-refractivity contribution in [2.45, 2.75) is 6.54 Å². The number of hydrogen-bond acceptors (Lipinski definition) is 2. The summed E-state index contributed by atoms with van der Waals surface area (Å²) in [6.45, 7) is 5.21. The van der Waals surface area contributed by atoms with E-state index in [1.165, 1.54) is 0 Å². The van der Waals surface area contributed by atoms with Gasteiger partial charge >= 0.3 is 0 Å². The van der Waals surface area contributed by atoms with Gasteiger partial charge in [0, 0.05) is 0 Å².